The number of carbonyl (C=O) groups excluding carboxylic acids is 2. The van der Waals surface area contributed by atoms with Gasteiger partial charge in [-0.05, 0) is 0 Å². The molecular weight excluding hydrogens is 124 g/mol. The normalized spacial score (nSPS) is 8.22. The van der Waals surface area contributed by atoms with Crippen LogP contribution in [-0.4, -0.2) is 19.0 Å². The van der Waals surface area contributed by atoms with Gasteiger partial charge in [0, 0.05) is 6.92 Å². The minimum Gasteiger partial charge on any atom is -0.277 e. The van der Waals surface area contributed by atoms with Gasteiger partial charge in [-0.2, -0.15) is 0 Å². The van der Waals surface area contributed by atoms with Crippen LogP contribution in [0.5, 0.6) is 0 Å². The summed E-state index contributed by atoms with van der Waals surface area (Å²) in [6.45, 7) is 1.23. The highest BCUT2D eigenvalue weighted by Gasteiger charge is 1.98. The van der Waals surface area contributed by atoms with Crippen molar-refractivity contribution in [2.75, 3.05) is 7.11 Å². The Hall–Kier alpha value is -1.10. The molecule has 9 heavy (non-hydrogen) atoms. The van der Waals surface area contributed by atoms with Crippen molar-refractivity contribution >= 4 is 11.9 Å². The van der Waals surface area contributed by atoms with Gasteiger partial charge in [0.15, 0.2) is 0 Å². The Morgan fingerprint density at radius 1 is 1.44 bits per heavy atom. The van der Waals surface area contributed by atoms with Gasteiger partial charge in [-0.15, -0.1) is 0 Å². The van der Waals surface area contributed by atoms with Crippen LogP contribution in [0.15, 0.2) is 0 Å². The number of hydroxylamine groups is 1. The van der Waals surface area contributed by atoms with E-state index in [4.69, 9.17) is 0 Å². The summed E-state index contributed by atoms with van der Waals surface area (Å²) in [5.74, 6) is -0.426. The first-order valence-electron chi connectivity index (χ1n) is 2.27. The van der Waals surface area contributed by atoms with E-state index in [0.717, 1.165) is 0 Å². The number of nitrogens with one attached hydrogen (secondary N) is 2. The predicted molar refractivity (Wildman–Crippen MR) is 29.4 cm³/mol. The van der Waals surface area contributed by atoms with Gasteiger partial charge in [0.25, 0.3) is 0 Å². The maximum Gasteiger partial charge on any atom is 0.345 e. The molecule has 0 atom stereocenters. The molecule has 0 unspecified atom stereocenters. The summed E-state index contributed by atoms with van der Waals surface area (Å²) in [7, 11) is 1.28. The molecule has 0 aromatic carbocycles. The molecule has 0 spiro atoms. The zero-order valence-corrected chi connectivity index (χ0v) is 5.22. The predicted octanol–water partition coefficient (Wildman–Crippen LogP) is -0.607. The molecule has 0 radical (unpaired) electrons. The van der Waals surface area contributed by atoms with Crippen LogP contribution in [0.4, 0.5) is 4.79 Å². The Balaban J connectivity index is 3.39. The minimum absolute atomic E-state index is 0.426. The molecule has 0 aromatic rings. The highest BCUT2D eigenvalue weighted by Crippen LogP contribution is 1.63. The number of hydrogen-bond acceptors (Lipinski definition) is 3. The SMILES string of the molecule is CONC(=O)NC(C)=O. The fourth-order valence-electron chi connectivity index (χ4n) is 0.278. The van der Waals surface area contributed by atoms with Crippen molar-refractivity contribution < 1.29 is 14.4 Å². The Labute approximate surface area is 52.3 Å². The Morgan fingerprint density at radius 2 is 2.00 bits per heavy atom. The number of urea groups is 1. The van der Waals surface area contributed by atoms with Gasteiger partial charge >= 0.3 is 6.03 Å². The average Bonchev–Trinajstić information content (AvgIpc) is 1.63. The number of carbonyl (C=O) groups is 2. The topological polar surface area (TPSA) is 67.4 Å². The third-order valence-corrected chi connectivity index (χ3v) is 0.484. The van der Waals surface area contributed by atoms with Crippen LogP contribution in [0, 0.1) is 0 Å². The maximum absolute atomic E-state index is 10.3. The lowest BCUT2D eigenvalue weighted by molar-refractivity contribution is -0.118. The van der Waals surface area contributed by atoms with Crippen LogP contribution >= 0.6 is 0 Å². The van der Waals surface area contributed by atoms with Crippen LogP contribution in [0.25, 0.3) is 0 Å². The van der Waals surface area contributed by atoms with Gasteiger partial charge in [-0.1, -0.05) is 0 Å². The molecule has 0 aliphatic heterocycles. The summed E-state index contributed by atoms with van der Waals surface area (Å²) < 4.78 is 0. The average molecular weight is 132 g/mol. The van der Waals surface area contributed by atoms with Crippen molar-refractivity contribution in [3.05, 3.63) is 0 Å². The first-order chi connectivity index (χ1) is 4.16. The molecule has 52 valence electrons. The summed E-state index contributed by atoms with van der Waals surface area (Å²) in [5.41, 5.74) is 1.91. The van der Waals surface area contributed by atoms with Crippen LogP contribution in [0.3, 0.4) is 0 Å². The lowest BCUT2D eigenvalue weighted by Crippen LogP contribution is -2.37. The van der Waals surface area contributed by atoms with E-state index in [0.29, 0.717) is 0 Å². The molecular formula is C4H8N2O3. The van der Waals surface area contributed by atoms with Gasteiger partial charge in [0.1, 0.15) is 0 Å². The highest BCUT2D eigenvalue weighted by atomic mass is 16.6. The Kier molecular flexibility index (Phi) is 3.38. The van der Waals surface area contributed by atoms with Gasteiger partial charge in [-0.25, -0.2) is 10.3 Å². The number of imide groups is 1. The van der Waals surface area contributed by atoms with E-state index in [1.165, 1.54) is 14.0 Å². The third kappa shape index (κ3) is 4.76. The van der Waals surface area contributed by atoms with Crippen LogP contribution < -0.4 is 10.8 Å². The molecule has 0 saturated heterocycles. The first kappa shape index (κ1) is 7.90. The molecule has 0 aliphatic carbocycles. The van der Waals surface area contributed by atoms with Crippen LogP contribution in [0.2, 0.25) is 0 Å². The Bertz CT molecular complexity index is 123. The molecule has 2 N–H and O–H groups in total. The van der Waals surface area contributed by atoms with E-state index in [-0.39, 0.29) is 0 Å². The number of amides is 3. The van der Waals surface area contributed by atoms with E-state index >= 15 is 0 Å². The van der Waals surface area contributed by atoms with Crippen molar-refractivity contribution in [3.63, 3.8) is 0 Å². The quantitative estimate of drug-likeness (QED) is 0.468. The standard InChI is InChI=1S/C4H8N2O3/c1-3(7)5-4(8)6-9-2/h1-2H3,(H2,5,6,7,8). The first-order valence-corrected chi connectivity index (χ1v) is 2.27. The molecule has 0 aromatic heterocycles. The van der Waals surface area contributed by atoms with E-state index in [1.54, 1.807) is 0 Å². The second-order valence-corrected chi connectivity index (χ2v) is 1.32. The van der Waals surface area contributed by atoms with Crippen molar-refractivity contribution in [1.82, 2.24) is 10.8 Å². The zero-order chi connectivity index (χ0) is 7.28. The lowest BCUT2D eigenvalue weighted by Gasteiger charge is -1.99. The monoisotopic (exact) mass is 132 g/mol. The second-order valence-electron chi connectivity index (χ2n) is 1.32. The smallest absolute Gasteiger partial charge is 0.277 e. The fraction of sp³-hybridized carbons (Fsp3) is 0.500. The van der Waals surface area contributed by atoms with E-state index in [9.17, 15) is 9.59 Å². The summed E-state index contributed by atoms with van der Waals surface area (Å²) in [4.78, 5) is 24.6. The molecule has 0 heterocycles. The fourth-order valence-corrected chi connectivity index (χ4v) is 0.278. The Morgan fingerprint density at radius 3 is 2.33 bits per heavy atom. The van der Waals surface area contributed by atoms with Gasteiger partial charge < -0.3 is 0 Å². The van der Waals surface area contributed by atoms with Crippen LogP contribution in [0.1, 0.15) is 6.92 Å². The third-order valence-electron chi connectivity index (χ3n) is 0.484. The highest BCUT2D eigenvalue weighted by molar-refractivity contribution is 5.92. The second kappa shape index (κ2) is 3.85. The summed E-state index contributed by atoms with van der Waals surface area (Å²) in [6.07, 6.45) is 0. The van der Waals surface area contributed by atoms with Crippen molar-refractivity contribution in [2.45, 2.75) is 6.92 Å². The maximum atomic E-state index is 10.3. The summed E-state index contributed by atoms with van der Waals surface area (Å²) in [6, 6.07) is -0.662. The molecule has 0 fully saturated rings. The van der Waals surface area contributed by atoms with E-state index < -0.39 is 11.9 Å². The van der Waals surface area contributed by atoms with E-state index in [1.807, 2.05) is 10.8 Å². The number of rotatable bonds is 1. The minimum atomic E-state index is -0.662. The van der Waals surface area contributed by atoms with Gasteiger partial charge in [0.05, 0.1) is 7.11 Å². The molecule has 0 aliphatic rings. The lowest BCUT2D eigenvalue weighted by atomic mass is 10.7. The largest absolute Gasteiger partial charge is 0.345 e. The van der Waals surface area contributed by atoms with Crippen LogP contribution in [-0.2, 0) is 9.63 Å². The van der Waals surface area contributed by atoms with Crippen molar-refractivity contribution in [3.8, 4) is 0 Å². The zero-order valence-electron chi connectivity index (χ0n) is 5.22. The molecule has 5 nitrogen and oxygen atoms in total. The summed E-state index contributed by atoms with van der Waals surface area (Å²) >= 11 is 0. The molecule has 5 heteroatoms. The molecule has 3 amide bonds. The molecule has 0 bridgehead atoms. The summed E-state index contributed by atoms with van der Waals surface area (Å²) in [5, 5.41) is 1.93. The number of hydrogen-bond donors (Lipinski definition) is 2. The molecule has 0 saturated carbocycles. The van der Waals surface area contributed by atoms with Crippen molar-refractivity contribution in [2.24, 2.45) is 0 Å². The molecule has 0 rings (SSSR count). The van der Waals surface area contributed by atoms with Gasteiger partial charge in [0.2, 0.25) is 5.91 Å². The van der Waals surface area contributed by atoms with Crippen molar-refractivity contribution in [1.29, 1.82) is 0 Å². The van der Waals surface area contributed by atoms with E-state index in [2.05, 4.69) is 4.84 Å². The van der Waals surface area contributed by atoms with Gasteiger partial charge in [-0.3, -0.25) is 14.9 Å².